The van der Waals surface area contributed by atoms with Crippen LogP contribution in [-0.4, -0.2) is 11.9 Å². The summed E-state index contributed by atoms with van der Waals surface area (Å²) >= 11 is 13.5. The number of hydrogen-bond donors (Lipinski definition) is 1. The van der Waals surface area contributed by atoms with Crippen molar-refractivity contribution >= 4 is 35.0 Å². The number of benzene rings is 1. The maximum atomic E-state index is 5.90. The molecule has 0 saturated heterocycles. The predicted octanol–water partition coefficient (Wildman–Crippen LogP) is 3.80. The van der Waals surface area contributed by atoms with Crippen LogP contribution >= 0.6 is 35.0 Å². The van der Waals surface area contributed by atoms with Gasteiger partial charge in [0.05, 0.1) is 10.0 Å². The molecule has 4 heteroatoms. The average molecular weight is 248 g/mol. The van der Waals surface area contributed by atoms with Crippen molar-refractivity contribution in [1.29, 1.82) is 0 Å². The molecule has 1 aliphatic rings. The first-order valence-electron chi connectivity index (χ1n) is 4.57. The van der Waals surface area contributed by atoms with E-state index in [2.05, 4.69) is 5.32 Å². The molecule has 2 rings (SSSR count). The van der Waals surface area contributed by atoms with Crippen LogP contribution in [0.4, 0.5) is 0 Å². The summed E-state index contributed by atoms with van der Waals surface area (Å²) in [7, 11) is 0. The van der Waals surface area contributed by atoms with Gasteiger partial charge in [-0.3, -0.25) is 0 Å². The van der Waals surface area contributed by atoms with Crippen LogP contribution in [0.5, 0.6) is 0 Å². The number of halogens is 2. The van der Waals surface area contributed by atoms with Gasteiger partial charge >= 0.3 is 0 Å². The molecule has 1 fully saturated rings. The van der Waals surface area contributed by atoms with Gasteiger partial charge in [0.2, 0.25) is 0 Å². The fourth-order valence-corrected chi connectivity index (χ4v) is 2.31. The summed E-state index contributed by atoms with van der Waals surface area (Å²) < 4.78 is 0. The number of rotatable bonds is 4. The highest BCUT2D eigenvalue weighted by molar-refractivity contribution is 7.99. The molecule has 0 heterocycles. The Morgan fingerprint density at radius 2 is 2.07 bits per heavy atom. The summed E-state index contributed by atoms with van der Waals surface area (Å²) in [5.74, 6) is 0.947. The Labute approximate surface area is 98.2 Å². The molecule has 0 spiro atoms. The van der Waals surface area contributed by atoms with Crippen molar-refractivity contribution in [1.82, 2.24) is 5.32 Å². The van der Waals surface area contributed by atoms with Crippen LogP contribution in [0.25, 0.3) is 0 Å². The van der Waals surface area contributed by atoms with E-state index in [0.29, 0.717) is 10.0 Å². The van der Waals surface area contributed by atoms with Gasteiger partial charge in [0.25, 0.3) is 0 Å². The van der Waals surface area contributed by atoms with Crippen molar-refractivity contribution in [2.75, 3.05) is 5.88 Å². The molecular weight excluding hydrogens is 237 g/mol. The van der Waals surface area contributed by atoms with E-state index in [1.165, 1.54) is 12.8 Å². The second kappa shape index (κ2) is 4.75. The van der Waals surface area contributed by atoms with Crippen LogP contribution in [0.15, 0.2) is 23.1 Å². The van der Waals surface area contributed by atoms with Gasteiger partial charge in [-0.15, -0.1) is 11.8 Å². The van der Waals surface area contributed by atoms with Gasteiger partial charge in [0.15, 0.2) is 0 Å². The molecule has 1 aliphatic carbocycles. The maximum Gasteiger partial charge on any atom is 0.0603 e. The summed E-state index contributed by atoms with van der Waals surface area (Å²) in [5, 5.41) is 4.67. The summed E-state index contributed by atoms with van der Waals surface area (Å²) in [6.07, 6.45) is 2.64. The number of nitrogens with one attached hydrogen (secondary N) is 1. The van der Waals surface area contributed by atoms with E-state index in [4.69, 9.17) is 23.2 Å². The van der Waals surface area contributed by atoms with Crippen LogP contribution in [-0.2, 0) is 0 Å². The third-order valence-electron chi connectivity index (χ3n) is 2.08. The largest absolute Gasteiger partial charge is 0.305 e. The standard InChI is InChI=1S/C10H11Cl2NS/c11-9-4-3-8(5-10(9)12)14-6-13-7-1-2-7/h3-5,7,13H,1-2,6H2. The van der Waals surface area contributed by atoms with Crippen molar-refractivity contribution in [3.05, 3.63) is 28.2 Å². The smallest absolute Gasteiger partial charge is 0.0603 e. The van der Waals surface area contributed by atoms with Crippen molar-refractivity contribution in [2.45, 2.75) is 23.8 Å². The molecule has 14 heavy (non-hydrogen) atoms. The zero-order valence-electron chi connectivity index (χ0n) is 7.59. The Hall–Kier alpha value is 0.110. The van der Waals surface area contributed by atoms with Crippen molar-refractivity contribution in [3.63, 3.8) is 0 Å². The van der Waals surface area contributed by atoms with Crippen molar-refractivity contribution in [2.24, 2.45) is 0 Å². The Bertz CT molecular complexity index is 326. The molecule has 0 unspecified atom stereocenters. The Morgan fingerprint density at radius 3 is 2.71 bits per heavy atom. The molecule has 1 saturated carbocycles. The normalized spacial score (nSPS) is 15.9. The van der Waals surface area contributed by atoms with E-state index in [1.54, 1.807) is 11.8 Å². The van der Waals surface area contributed by atoms with Crippen LogP contribution in [0.3, 0.4) is 0 Å². The minimum atomic E-state index is 0.617. The molecule has 1 nitrogen and oxygen atoms in total. The van der Waals surface area contributed by atoms with Gasteiger partial charge in [-0.2, -0.15) is 0 Å². The zero-order chi connectivity index (χ0) is 9.97. The Balaban J connectivity index is 1.85. The first-order chi connectivity index (χ1) is 6.75. The van der Waals surface area contributed by atoms with Gasteiger partial charge in [-0.05, 0) is 31.0 Å². The van der Waals surface area contributed by atoms with Crippen molar-refractivity contribution < 1.29 is 0 Å². The summed E-state index contributed by atoms with van der Waals surface area (Å²) in [6, 6.07) is 6.49. The second-order valence-electron chi connectivity index (χ2n) is 3.34. The third-order valence-corrected chi connectivity index (χ3v) is 3.72. The van der Waals surface area contributed by atoms with Gasteiger partial charge in [-0.25, -0.2) is 0 Å². The lowest BCUT2D eigenvalue weighted by molar-refractivity contribution is 0.789. The summed E-state index contributed by atoms with van der Waals surface area (Å²) in [6.45, 7) is 0. The summed E-state index contributed by atoms with van der Waals surface area (Å²) in [4.78, 5) is 1.16. The van der Waals surface area contributed by atoms with Crippen LogP contribution in [0.2, 0.25) is 10.0 Å². The van der Waals surface area contributed by atoms with Crippen LogP contribution < -0.4 is 5.32 Å². The van der Waals surface area contributed by atoms with Crippen molar-refractivity contribution in [3.8, 4) is 0 Å². The highest BCUT2D eigenvalue weighted by Gasteiger charge is 2.19. The van der Waals surface area contributed by atoms with Gasteiger partial charge in [0, 0.05) is 16.8 Å². The fraction of sp³-hybridized carbons (Fsp3) is 0.400. The van der Waals surface area contributed by atoms with E-state index in [9.17, 15) is 0 Å². The maximum absolute atomic E-state index is 5.90. The molecular formula is C10H11Cl2NS. The van der Waals surface area contributed by atoms with Gasteiger partial charge in [-0.1, -0.05) is 23.2 Å². The molecule has 0 aliphatic heterocycles. The molecule has 76 valence electrons. The Morgan fingerprint density at radius 1 is 1.29 bits per heavy atom. The van der Waals surface area contributed by atoms with E-state index >= 15 is 0 Å². The third kappa shape index (κ3) is 3.06. The molecule has 0 atom stereocenters. The minimum absolute atomic E-state index is 0.617. The quantitative estimate of drug-likeness (QED) is 0.642. The molecule has 1 aromatic carbocycles. The van der Waals surface area contributed by atoms with E-state index in [0.717, 1.165) is 16.8 Å². The molecule has 0 bridgehead atoms. The first-order valence-corrected chi connectivity index (χ1v) is 6.31. The lowest BCUT2D eigenvalue weighted by atomic mass is 10.4. The summed E-state index contributed by atoms with van der Waals surface area (Å²) in [5.41, 5.74) is 0. The minimum Gasteiger partial charge on any atom is -0.305 e. The molecule has 1 aromatic rings. The number of thioether (sulfide) groups is 1. The van der Waals surface area contributed by atoms with E-state index < -0.39 is 0 Å². The lowest BCUT2D eigenvalue weighted by Crippen LogP contribution is -2.14. The first kappa shape index (κ1) is 10.6. The fourth-order valence-electron chi connectivity index (χ4n) is 1.10. The second-order valence-corrected chi connectivity index (χ2v) is 5.21. The predicted molar refractivity (Wildman–Crippen MR) is 63.3 cm³/mol. The van der Waals surface area contributed by atoms with Crippen LogP contribution in [0.1, 0.15) is 12.8 Å². The monoisotopic (exact) mass is 247 g/mol. The highest BCUT2D eigenvalue weighted by atomic mass is 35.5. The lowest BCUT2D eigenvalue weighted by Gasteiger charge is -2.03. The van der Waals surface area contributed by atoms with Gasteiger partial charge < -0.3 is 5.32 Å². The zero-order valence-corrected chi connectivity index (χ0v) is 9.92. The van der Waals surface area contributed by atoms with Crippen LogP contribution in [0, 0.1) is 0 Å². The van der Waals surface area contributed by atoms with E-state index in [1.807, 2.05) is 18.2 Å². The van der Waals surface area contributed by atoms with E-state index in [-0.39, 0.29) is 0 Å². The molecule has 0 radical (unpaired) electrons. The van der Waals surface area contributed by atoms with Gasteiger partial charge in [0.1, 0.15) is 0 Å². The topological polar surface area (TPSA) is 12.0 Å². The Kier molecular flexibility index (Phi) is 3.61. The SMILES string of the molecule is Clc1ccc(SCNC2CC2)cc1Cl. The molecule has 0 aromatic heterocycles. The molecule has 1 N–H and O–H groups in total. The average Bonchev–Trinajstić information content (AvgIpc) is 2.95. The molecule has 0 amide bonds. The highest BCUT2D eigenvalue weighted by Crippen LogP contribution is 2.28. The number of hydrogen-bond acceptors (Lipinski definition) is 2.